The molecule has 0 aliphatic carbocycles. The first-order valence-electron chi connectivity index (χ1n) is 3.81. The van der Waals surface area contributed by atoms with Crippen LogP contribution in [0.5, 0.6) is 0 Å². The third-order valence-electron chi connectivity index (χ3n) is 1.20. The Morgan fingerprint density at radius 1 is 1.47 bits per heavy atom. The molecule has 0 aromatic heterocycles. The van der Waals surface area contributed by atoms with Gasteiger partial charge in [0.15, 0.2) is 0 Å². The van der Waals surface area contributed by atoms with E-state index in [0.29, 0.717) is 0 Å². The van der Waals surface area contributed by atoms with E-state index >= 15 is 0 Å². The third kappa shape index (κ3) is 4.99. The van der Waals surface area contributed by atoms with Gasteiger partial charge in [0.05, 0.1) is 6.61 Å². The van der Waals surface area contributed by atoms with Crippen LogP contribution in [-0.4, -0.2) is 23.9 Å². The topological polar surface area (TPSA) is 76.0 Å². The van der Waals surface area contributed by atoms with E-state index in [1.54, 1.807) is 0 Å². The molecule has 0 aromatic carbocycles. The molecular weight excluding hydrogens is 219 g/mol. The highest BCUT2D eigenvalue weighted by atomic mass is 19.4. The van der Waals surface area contributed by atoms with Crippen LogP contribution in [0.15, 0.2) is 16.6 Å². The lowest BCUT2D eigenvalue weighted by molar-refractivity contribution is -0.140. The second-order valence-corrected chi connectivity index (χ2v) is 2.40. The van der Waals surface area contributed by atoms with Gasteiger partial charge in [-0.3, -0.25) is 0 Å². The Morgan fingerprint density at radius 2 is 2.00 bits per heavy atom. The molecule has 0 bridgehead atoms. The number of aliphatic hydroxyl groups excluding tert-OH is 1. The minimum absolute atomic E-state index is 0.142. The average Bonchev–Trinajstić information content (AvgIpc) is 2.02. The van der Waals surface area contributed by atoms with Gasteiger partial charge in [-0.25, -0.2) is 4.79 Å². The lowest BCUT2D eigenvalue weighted by Crippen LogP contribution is -2.14. The Labute approximate surface area is 82.5 Å². The fourth-order valence-corrected chi connectivity index (χ4v) is 0.681. The number of halogens is 3. The molecule has 0 saturated heterocycles. The van der Waals surface area contributed by atoms with Gasteiger partial charge < -0.3 is 9.84 Å². The quantitative estimate of drug-likeness (QED) is 0.345. The number of aliphatic hydroxyl groups is 1. The number of alkyl halides is 3. The summed E-state index contributed by atoms with van der Waals surface area (Å²) in [5.41, 5.74) is -1.26. The van der Waals surface area contributed by atoms with Crippen LogP contribution in [0, 0.1) is 4.91 Å². The molecule has 0 unspecified atom stereocenters. The van der Waals surface area contributed by atoms with Crippen LogP contribution in [0.2, 0.25) is 0 Å². The molecule has 0 saturated carbocycles. The van der Waals surface area contributed by atoms with Crippen LogP contribution in [0.1, 0.15) is 13.3 Å². The number of rotatable bonds is 4. The largest absolute Gasteiger partial charge is 0.509 e. The molecule has 15 heavy (non-hydrogen) atoms. The molecule has 0 aromatic rings. The van der Waals surface area contributed by atoms with E-state index in [-0.39, 0.29) is 6.61 Å². The molecule has 0 rings (SSSR count). The first-order chi connectivity index (χ1) is 6.81. The van der Waals surface area contributed by atoms with Crippen molar-refractivity contribution in [1.29, 1.82) is 0 Å². The number of nitrogens with zero attached hydrogens (tertiary/aromatic N) is 1. The standard InChI is InChI=1S/C7H8F3NO4/c1-2-15-6(13)5(11-14)4(12)3-7(8,9)10/h12H,2-3H2,1H3. The number of ether oxygens (including phenoxy) is 1. The highest BCUT2D eigenvalue weighted by Crippen LogP contribution is 2.25. The summed E-state index contributed by atoms with van der Waals surface area (Å²) in [6.07, 6.45) is -6.53. The van der Waals surface area contributed by atoms with Gasteiger partial charge in [0, 0.05) is 0 Å². The third-order valence-corrected chi connectivity index (χ3v) is 1.20. The summed E-state index contributed by atoms with van der Waals surface area (Å²) in [6.45, 7) is 1.25. The predicted molar refractivity (Wildman–Crippen MR) is 42.8 cm³/mol. The SMILES string of the molecule is CCOC(=O)C(N=O)=C(O)CC(F)(F)F. The van der Waals surface area contributed by atoms with Crippen LogP contribution in [0.25, 0.3) is 0 Å². The van der Waals surface area contributed by atoms with E-state index in [9.17, 15) is 22.9 Å². The zero-order valence-corrected chi connectivity index (χ0v) is 7.67. The highest BCUT2D eigenvalue weighted by Gasteiger charge is 2.32. The van der Waals surface area contributed by atoms with E-state index < -0.39 is 30.0 Å². The fourth-order valence-electron chi connectivity index (χ4n) is 0.681. The average molecular weight is 227 g/mol. The van der Waals surface area contributed by atoms with Crippen LogP contribution >= 0.6 is 0 Å². The zero-order valence-electron chi connectivity index (χ0n) is 7.67. The first kappa shape index (κ1) is 13.4. The molecule has 5 nitrogen and oxygen atoms in total. The first-order valence-corrected chi connectivity index (χ1v) is 3.81. The number of nitroso groups, excluding NO2 is 1. The summed E-state index contributed by atoms with van der Waals surface area (Å²) >= 11 is 0. The Balaban J connectivity index is 4.82. The number of allylic oxidation sites excluding steroid dienone is 1. The Kier molecular flexibility index (Phi) is 4.75. The van der Waals surface area contributed by atoms with Crippen molar-refractivity contribution < 1.29 is 27.8 Å². The number of hydrogen-bond donors (Lipinski definition) is 1. The Morgan fingerprint density at radius 3 is 2.33 bits per heavy atom. The van der Waals surface area contributed by atoms with Crippen molar-refractivity contribution in [3.63, 3.8) is 0 Å². The van der Waals surface area contributed by atoms with Crippen LogP contribution in [0.4, 0.5) is 13.2 Å². The summed E-state index contributed by atoms with van der Waals surface area (Å²) in [4.78, 5) is 20.8. The lowest BCUT2D eigenvalue weighted by atomic mass is 10.3. The van der Waals surface area contributed by atoms with Crippen molar-refractivity contribution in [3.05, 3.63) is 16.4 Å². The molecule has 1 N–H and O–H groups in total. The number of carbonyl (C=O) groups excluding carboxylic acids is 1. The van der Waals surface area contributed by atoms with Gasteiger partial charge in [0.25, 0.3) is 0 Å². The second-order valence-electron chi connectivity index (χ2n) is 2.40. The normalized spacial score (nSPS) is 13.1. The maximum Gasteiger partial charge on any atom is 0.396 e. The van der Waals surface area contributed by atoms with Gasteiger partial charge in [-0.05, 0) is 12.1 Å². The van der Waals surface area contributed by atoms with Crippen molar-refractivity contribution >= 4 is 5.97 Å². The zero-order chi connectivity index (χ0) is 12.1. The van der Waals surface area contributed by atoms with Gasteiger partial charge in [0.2, 0.25) is 5.70 Å². The van der Waals surface area contributed by atoms with E-state index in [2.05, 4.69) is 4.74 Å². The van der Waals surface area contributed by atoms with Crippen molar-refractivity contribution in [1.82, 2.24) is 0 Å². The van der Waals surface area contributed by atoms with Gasteiger partial charge in [-0.15, -0.1) is 4.91 Å². The molecular formula is C7H8F3NO4. The molecule has 0 aliphatic rings. The Hall–Kier alpha value is -1.60. The van der Waals surface area contributed by atoms with E-state index in [1.807, 2.05) is 5.18 Å². The van der Waals surface area contributed by atoms with Crippen molar-refractivity contribution in [3.8, 4) is 0 Å². The Bertz CT molecular complexity index is 284. The highest BCUT2D eigenvalue weighted by molar-refractivity contribution is 5.88. The number of hydrogen-bond acceptors (Lipinski definition) is 5. The van der Waals surface area contributed by atoms with Crippen LogP contribution in [0.3, 0.4) is 0 Å². The van der Waals surface area contributed by atoms with E-state index in [1.165, 1.54) is 6.92 Å². The molecule has 8 heteroatoms. The maximum atomic E-state index is 11.8. The minimum atomic E-state index is -4.73. The van der Waals surface area contributed by atoms with Crippen molar-refractivity contribution in [2.24, 2.45) is 5.18 Å². The second kappa shape index (κ2) is 5.32. The van der Waals surface area contributed by atoms with Crippen LogP contribution < -0.4 is 0 Å². The molecule has 0 atom stereocenters. The van der Waals surface area contributed by atoms with Crippen molar-refractivity contribution in [2.45, 2.75) is 19.5 Å². The lowest BCUT2D eigenvalue weighted by Gasteiger charge is -2.06. The summed E-state index contributed by atoms with van der Waals surface area (Å²) in [5, 5.41) is 10.8. The van der Waals surface area contributed by atoms with Crippen molar-refractivity contribution in [2.75, 3.05) is 6.61 Å². The van der Waals surface area contributed by atoms with Crippen LogP contribution in [-0.2, 0) is 9.53 Å². The molecule has 0 aliphatic heterocycles. The molecule has 0 spiro atoms. The summed E-state index contributed by atoms with van der Waals surface area (Å²) in [5.74, 6) is -2.83. The fraction of sp³-hybridized carbons (Fsp3) is 0.571. The minimum Gasteiger partial charge on any atom is -0.509 e. The summed E-state index contributed by atoms with van der Waals surface area (Å²) in [7, 11) is 0. The number of carbonyl (C=O) groups is 1. The molecule has 0 fully saturated rings. The van der Waals surface area contributed by atoms with Gasteiger partial charge >= 0.3 is 12.1 Å². The maximum absolute atomic E-state index is 11.8. The summed E-state index contributed by atoms with van der Waals surface area (Å²) in [6, 6.07) is 0. The van der Waals surface area contributed by atoms with Gasteiger partial charge in [0.1, 0.15) is 12.2 Å². The van der Waals surface area contributed by atoms with E-state index in [4.69, 9.17) is 5.11 Å². The van der Waals surface area contributed by atoms with Gasteiger partial charge in [-0.1, -0.05) is 0 Å². The predicted octanol–water partition coefficient (Wildman–Crippen LogP) is 2.04. The molecule has 86 valence electrons. The summed E-state index contributed by atoms with van der Waals surface area (Å²) < 4.78 is 39.5. The molecule has 0 amide bonds. The molecule has 0 radical (unpaired) electrons. The van der Waals surface area contributed by atoms with E-state index in [0.717, 1.165) is 0 Å². The number of esters is 1. The molecule has 0 heterocycles. The smallest absolute Gasteiger partial charge is 0.396 e. The van der Waals surface area contributed by atoms with Gasteiger partial charge in [-0.2, -0.15) is 13.2 Å². The monoisotopic (exact) mass is 227 g/mol.